The van der Waals surface area contributed by atoms with Crippen LogP contribution < -0.4 is 21.5 Å². The first-order valence-corrected chi connectivity index (χ1v) is 7.39. The smallest absolute Gasteiger partial charge is 0.243 e. The summed E-state index contributed by atoms with van der Waals surface area (Å²) in [7, 11) is 0. The van der Waals surface area contributed by atoms with Crippen LogP contribution in [0.5, 0.6) is 0 Å². The topological polar surface area (TPSA) is 101 Å². The number of hydrogen-bond acceptors (Lipinski definition) is 8. The molecule has 8 nitrogen and oxygen atoms in total. The second kappa shape index (κ2) is 6.86. The summed E-state index contributed by atoms with van der Waals surface area (Å²) in [5, 5.41) is 3.20. The predicted molar refractivity (Wildman–Crippen MR) is 83.3 cm³/mol. The Morgan fingerprint density at radius 1 is 1.19 bits per heavy atom. The molecule has 0 amide bonds. The number of aromatic nitrogens is 3. The molecule has 0 aromatic carbocycles. The first-order valence-electron chi connectivity index (χ1n) is 7.39. The van der Waals surface area contributed by atoms with E-state index in [-0.39, 0.29) is 5.60 Å². The van der Waals surface area contributed by atoms with Gasteiger partial charge in [0.1, 0.15) is 0 Å². The van der Waals surface area contributed by atoms with Crippen LogP contribution >= 0.6 is 0 Å². The lowest BCUT2D eigenvalue weighted by molar-refractivity contribution is 0.000581. The molecule has 4 N–H and O–H groups in total. The van der Waals surface area contributed by atoms with Crippen molar-refractivity contribution in [3.05, 3.63) is 0 Å². The number of nitrogens with zero attached hydrogens (tertiary/aromatic N) is 4. The van der Waals surface area contributed by atoms with Crippen molar-refractivity contribution in [1.82, 2.24) is 15.0 Å². The zero-order valence-corrected chi connectivity index (χ0v) is 13.0. The number of nitrogens with one attached hydrogen (secondary N) is 2. The Balaban J connectivity index is 2.09. The molecule has 2 rings (SSSR count). The van der Waals surface area contributed by atoms with E-state index in [9.17, 15) is 0 Å². The van der Waals surface area contributed by atoms with Gasteiger partial charge in [-0.15, -0.1) is 0 Å². The van der Waals surface area contributed by atoms with E-state index in [0.717, 1.165) is 25.9 Å². The SMILES string of the molecule is CCOC(C)(C)CNc1nc(NN)nc(N2CCCC2)n1. The lowest BCUT2D eigenvalue weighted by Crippen LogP contribution is -2.34. The van der Waals surface area contributed by atoms with Gasteiger partial charge in [-0.05, 0) is 33.6 Å². The number of rotatable bonds is 7. The molecule has 0 unspecified atom stereocenters. The largest absolute Gasteiger partial charge is 0.374 e. The first-order chi connectivity index (χ1) is 10.0. The average Bonchev–Trinajstić information content (AvgIpc) is 2.99. The Kier molecular flexibility index (Phi) is 5.13. The van der Waals surface area contributed by atoms with Crippen LogP contribution in [0.15, 0.2) is 0 Å². The molecule has 1 aromatic rings. The van der Waals surface area contributed by atoms with Gasteiger partial charge in [-0.25, -0.2) is 5.84 Å². The predicted octanol–water partition coefficient (Wildman–Crippen LogP) is 0.984. The summed E-state index contributed by atoms with van der Waals surface area (Å²) >= 11 is 0. The molecular formula is C13H25N7O. The number of nitrogens with two attached hydrogens (primary N) is 1. The molecule has 0 bridgehead atoms. The molecule has 2 heterocycles. The normalized spacial score (nSPS) is 15.3. The Labute approximate surface area is 125 Å². The fourth-order valence-electron chi connectivity index (χ4n) is 2.30. The summed E-state index contributed by atoms with van der Waals surface area (Å²) in [6, 6.07) is 0. The van der Waals surface area contributed by atoms with Gasteiger partial charge in [-0.1, -0.05) is 0 Å². The van der Waals surface area contributed by atoms with Gasteiger partial charge in [-0.3, -0.25) is 5.43 Å². The minimum Gasteiger partial charge on any atom is -0.374 e. The lowest BCUT2D eigenvalue weighted by Gasteiger charge is -2.25. The highest BCUT2D eigenvalue weighted by Gasteiger charge is 2.20. The molecule has 1 aliphatic rings. The molecule has 1 saturated heterocycles. The van der Waals surface area contributed by atoms with Crippen LogP contribution in [-0.2, 0) is 4.74 Å². The minimum absolute atomic E-state index is 0.286. The second-order valence-electron chi connectivity index (χ2n) is 5.67. The van der Waals surface area contributed by atoms with Gasteiger partial charge in [-0.2, -0.15) is 15.0 Å². The van der Waals surface area contributed by atoms with Crippen molar-refractivity contribution in [3.8, 4) is 0 Å². The summed E-state index contributed by atoms with van der Waals surface area (Å²) in [5.41, 5.74) is 2.21. The highest BCUT2D eigenvalue weighted by molar-refractivity contribution is 5.43. The van der Waals surface area contributed by atoms with Crippen LogP contribution in [0.25, 0.3) is 0 Å². The van der Waals surface area contributed by atoms with Crippen LogP contribution in [0, 0.1) is 0 Å². The molecule has 0 radical (unpaired) electrons. The highest BCUT2D eigenvalue weighted by atomic mass is 16.5. The quantitative estimate of drug-likeness (QED) is 0.505. The molecular weight excluding hydrogens is 270 g/mol. The maximum absolute atomic E-state index is 5.65. The van der Waals surface area contributed by atoms with E-state index in [1.165, 1.54) is 0 Å². The molecule has 0 atom stereocenters. The second-order valence-corrected chi connectivity index (χ2v) is 5.67. The molecule has 8 heteroatoms. The third-order valence-corrected chi connectivity index (χ3v) is 3.35. The zero-order valence-electron chi connectivity index (χ0n) is 13.0. The first kappa shape index (κ1) is 15.7. The minimum atomic E-state index is -0.286. The van der Waals surface area contributed by atoms with Crippen molar-refractivity contribution in [1.29, 1.82) is 0 Å². The van der Waals surface area contributed by atoms with Gasteiger partial charge < -0.3 is 15.0 Å². The number of anilines is 3. The Bertz CT molecular complexity index is 460. The molecule has 0 spiro atoms. The van der Waals surface area contributed by atoms with E-state index in [1.54, 1.807) is 0 Å². The number of hydrogen-bond donors (Lipinski definition) is 3. The third-order valence-electron chi connectivity index (χ3n) is 3.35. The molecule has 1 aromatic heterocycles. The van der Waals surface area contributed by atoms with Crippen LogP contribution in [0.2, 0.25) is 0 Å². The summed E-state index contributed by atoms with van der Waals surface area (Å²) in [6.07, 6.45) is 2.33. The fraction of sp³-hybridized carbons (Fsp3) is 0.769. The van der Waals surface area contributed by atoms with E-state index in [2.05, 4.69) is 30.6 Å². The van der Waals surface area contributed by atoms with Crippen molar-refractivity contribution in [2.45, 2.75) is 39.2 Å². The van der Waals surface area contributed by atoms with Crippen LogP contribution in [0.4, 0.5) is 17.8 Å². The Morgan fingerprint density at radius 3 is 2.48 bits per heavy atom. The summed E-state index contributed by atoms with van der Waals surface area (Å²) < 4.78 is 5.65. The Hall–Kier alpha value is -1.67. The molecule has 21 heavy (non-hydrogen) atoms. The van der Waals surface area contributed by atoms with Gasteiger partial charge in [0, 0.05) is 26.2 Å². The van der Waals surface area contributed by atoms with Gasteiger partial charge in [0.15, 0.2) is 0 Å². The van der Waals surface area contributed by atoms with Gasteiger partial charge >= 0.3 is 0 Å². The average molecular weight is 295 g/mol. The van der Waals surface area contributed by atoms with E-state index < -0.39 is 0 Å². The van der Waals surface area contributed by atoms with E-state index in [1.807, 2.05) is 20.8 Å². The van der Waals surface area contributed by atoms with Crippen LogP contribution in [0.1, 0.15) is 33.6 Å². The molecule has 1 fully saturated rings. The van der Waals surface area contributed by atoms with Gasteiger partial charge in [0.05, 0.1) is 5.60 Å². The third kappa shape index (κ3) is 4.40. The van der Waals surface area contributed by atoms with Crippen LogP contribution in [0.3, 0.4) is 0 Å². The summed E-state index contributed by atoms with van der Waals surface area (Å²) in [6.45, 7) is 9.24. The Morgan fingerprint density at radius 2 is 1.86 bits per heavy atom. The standard InChI is InChI=1S/C13H25N7O/c1-4-21-13(2,3)9-15-10-16-11(19-14)18-12(17-10)20-7-5-6-8-20/h4-9,14H2,1-3H3,(H2,15,16,17,18,19). The number of nitrogen functional groups attached to an aromatic ring is 1. The lowest BCUT2D eigenvalue weighted by atomic mass is 10.1. The number of hydrazine groups is 1. The maximum atomic E-state index is 5.65. The monoisotopic (exact) mass is 295 g/mol. The molecule has 0 aliphatic carbocycles. The fourth-order valence-corrected chi connectivity index (χ4v) is 2.30. The van der Waals surface area contributed by atoms with Crippen molar-refractivity contribution >= 4 is 17.8 Å². The van der Waals surface area contributed by atoms with E-state index in [4.69, 9.17) is 10.6 Å². The van der Waals surface area contributed by atoms with Gasteiger partial charge in [0.25, 0.3) is 0 Å². The maximum Gasteiger partial charge on any atom is 0.243 e. The summed E-state index contributed by atoms with van der Waals surface area (Å²) in [4.78, 5) is 15.2. The molecule has 0 saturated carbocycles. The van der Waals surface area contributed by atoms with Crippen molar-refractivity contribution in [2.75, 3.05) is 41.9 Å². The van der Waals surface area contributed by atoms with Crippen molar-refractivity contribution < 1.29 is 4.74 Å². The molecule has 118 valence electrons. The zero-order chi connectivity index (χ0) is 15.3. The van der Waals surface area contributed by atoms with E-state index >= 15 is 0 Å². The van der Waals surface area contributed by atoms with Crippen LogP contribution in [-0.4, -0.2) is 46.8 Å². The molecule has 1 aliphatic heterocycles. The van der Waals surface area contributed by atoms with Crippen molar-refractivity contribution in [3.63, 3.8) is 0 Å². The van der Waals surface area contributed by atoms with Crippen molar-refractivity contribution in [2.24, 2.45) is 5.84 Å². The number of ether oxygens (including phenoxy) is 1. The van der Waals surface area contributed by atoms with E-state index in [0.29, 0.717) is 31.0 Å². The summed E-state index contributed by atoms with van der Waals surface area (Å²) in [5.74, 6) is 6.97. The van der Waals surface area contributed by atoms with Gasteiger partial charge in [0.2, 0.25) is 17.8 Å². The highest BCUT2D eigenvalue weighted by Crippen LogP contribution is 2.19.